The fourth-order valence-corrected chi connectivity index (χ4v) is 5.29. The highest BCUT2D eigenvalue weighted by Crippen LogP contribution is 2.24. The molecule has 46 heavy (non-hydrogen) atoms. The minimum Gasteiger partial charge on any atom is -0.481 e. The second kappa shape index (κ2) is 14.7. The number of hydrogen-bond acceptors (Lipinski definition) is 10. The van der Waals surface area contributed by atoms with Gasteiger partial charge in [0, 0.05) is 51.6 Å². The second-order valence-corrected chi connectivity index (χ2v) is 10.8. The van der Waals surface area contributed by atoms with Gasteiger partial charge < -0.3 is 44.8 Å². The van der Waals surface area contributed by atoms with Gasteiger partial charge in [-0.05, 0) is 25.5 Å². The lowest BCUT2D eigenvalue weighted by atomic mass is 10.1. The molecular formula is C29H36N6O11. The highest BCUT2D eigenvalue weighted by molar-refractivity contribution is 5.96. The summed E-state index contributed by atoms with van der Waals surface area (Å²) in [6.07, 6.45) is -3.88. The average molecular weight is 645 g/mol. The number of aliphatic hydroxyl groups is 1. The zero-order valence-electron chi connectivity index (χ0n) is 25.3. The molecule has 0 aliphatic carbocycles. The maximum Gasteiger partial charge on any atom is 0.407 e. The van der Waals surface area contributed by atoms with Crippen LogP contribution >= 0.6 is 0 Å². The maximum absolute atomic E-state index is 13.4. The molecule has 2 aliphatic heterocycles. The fraction of sp³-hybridized carbons (Fsp3) is 0.483. The van der Waals surface area contributed by atoms with E-state index in [0.29, 0.717) is 5.69 Å². The van der Waals surface area contributed by atoms with Gasteiger partial charge in [0.15, 0.2) is 11.8 Å². The summed E-state index contributed by atoms with van der Waals surface area (Å²) >= 11 is 0. The Kier molecular flexibility index (Phi) is 10.8. The summed E-state index contributed by atoms with van der Waals surface area (Å²) in [5.41, 5.74) is 0.265. The molecule has 4 amide bonds. The van der Waals surface area contributed by atoms with Crippen molar-refractivity contribution in [3.8, 4) is 11.6 Å². The number of amides is 4. The van der Waals surface area contributed by atoms with Gasteiger partial charge in [-0.3, -0.25) is 19.2 Å². The number of rotatable bonds is 11. The van der Waals surface area contributed by atoms with Gasteiger partial charge in [0.2, 0.25) is 11.8 Å². The molecule has 0 spiro atoms. The number of carbonyl (C=O) groups is 6. The van der Waals surface area contributed by atoms with Crippen LogP contribution in [0, 0.1) is 0 Å². The average Bonchev–Trinajstić information content (AvgIpc) is 3.65. The molecule has 2 fully saturated rings. The Hall–Kier alpha value is -5.19. The minimum atomic E-state index is -1.25. The number of carboxylic acid groups (broad SMARTS) is 2. The summed E-state index contributed by atoms with van der Waals surface area (Å²) in [7, 11) is 1.18. The summed E-state index contributed by atoms with van der Waals surface area (Å²) in [4.78, 5) is 78.6. The summed E-state index contributed by atoms with van der Waals surface area (Å²) in [6, 6.07) is 7.55. The Labute approximate surface area is 263 Å². The molecule has 1 unspecified atom stereocenters. The number of hydrogen-bond donors (Lipinski definition) is 4. The van der Waals surface area contributed by atoms with Gasteiger partial charge in [0.25, 0.3) is 11.8 Å². The Morgan fingerprint density at radius 3 is 2.26 bits per heavy atom. The quantitative estimate of drug-likeness (QED) is 0.229. The van der Waals surface area contributed by atoms with E-state index in [4.69, 9.17) is 9.47 Å². The van der Waals surface area contributed by atoms with Gasteiger partial charge >= 0.3 is 18.0 Å². The predicted octanol–water partition coefficient (Wildman–Crippen LogP) is -0.440. The maximum atomic E-state index is 13.4. The first-order chi connectivity index (χ1) is 21.9. The van der Waals surface area contributed by atoms with Gasteiger partial charge in [-0.2, -0.15) is 5.10 Å². The number of carboxylic acids is 1. The van der Waals surface area contributed by atoms with Gasteiger partial charge in [-0.1, -0.05) is 18.2 Å². The van der Waals surface area contributed by atoms with Crippen molar-refractivity contribution in [3.63, 3.8) is 0 Å². The van der Waals surface area contributed by atoms with Crippen LogP contribution in [0.5, 0.6) is 5.88 Å². The van der Waals surface area contributed by atoms with Crippen molar-refractivity contribution in [1.29, 1.82) is 0 Å². The van der Waals surface area contributed by atoms with E-state index in [1.807, 2.05) is 0 Å². The zero-order valence-corrected chi connectivity index (χ0v) is 25.3. The SMILES string of the molecule is COC(=O)[C@@H]1C[C@@H](O)CN1C(=O)C(C)Oc1cc(C(=O)N[C@@H](CCC(=O)O)C(=O)N2CCN(C(=O)O)CC2)nn1-c1ccccc1. The lowest BCUT2D eigenvalue weighted by molar-refractivity contribution is -0.153. The Balaban J connectivity index is 1.55. The Morgan fingerprint density at radius 2 is 1.65 bits per heavy atom. The van der Waals surface area contributed by atoms with Crippen LogP contribution in [-0.4, -0.2) is 140 Å². The van der Waals surface area contributed by atoms with Crippen molar-refractivity contribution in [2.45, 2.75) is 50.5 Å². The number of nitrogens with zero attached hydrogens (tertiary/aromatic N) is 5. The van der Waals surface area contributed by atoms with Crippen LogP contribution in [0.25, 0.3) is 5.69 Å². The van der Waals surface area contributed by atoms with Crippen molar-refractivity contribution in [2.24, 2.45) is 0 Å². The molecule has 248 valence electrons. The molecule has 1 aromatic carbocycles. The predicted molar refractivity (Wildman–Crippen MR) is 156 cm³/mol. The highest BCUT2D eigenvalue weighted by atomic mass is 16.5. The van der Waals surface area contributed by atoms with Gasteiger partial charge in [0.05, 0.1) is 18.9 Å². The number of esters is 1. The smallest absolute Gasteiger partial charge is 0.407 e. The number of aromatic nitrogens is 2. The molecule has 0 bridgehead atoms. The molecular weight excluding hydrogens is 608 g/mol. The van der Waals surface area contributed by atoms with E-state index in [1.54, 1.807) is 30.3 Å². The van der Waals surface area contributed by atoms with Crippen LogP contribution in [-0.2, 0) is 23.9 Å². The summed E-state index contributed by atoms with van der Waals surface area (Å²) < 4.78 is 12.0. The number of piperazine rings is 1. The highest BCUT2D eigenvalue weighted by Gasteiger charge is 2.42. The van der Waals surface area contributed by atoms with Crippen molar-refractivity contribution in [1.82, 2.24) is 29.8 Å². The van der Waals surface area contributed by atoms with Gasteiger partial charge in [0.1, 0.15) is 12.1 Å². The lowest BCUT2D eigenvalue weighted by Crippen LogP contribution is -2.55. The third-order valence-electron chi connectivity index (χ3n) is 7.70. The molecule has 4 rings (SSSR count). The number of likely N-dealkylation sites (tertiary alicyclic amines) is 1. The molecule has 0 saturated carbocycles. The largest absolute Gasteiger partial charge is 0.481 e. The molecule has 17 nitrogen and oxygen atoms in total. The molecule has 3 heterocycles. The number of para-hydroxylation sites is 1. The molecule has 4 atom stereocenters. The van der Waals surface area contributed by atoms with Gasteiger partial charge in [-0.15, -0.1) is 0 Å². The van der Waals surface area contributed by atoms with Crippen molar-refractivity contribution < 1.29 is 53.6 Å². The van der Waals surface area contributed by atoms with E-state index in [9.17, 15) is 44.1 Å². The topological polar surface area (TPSA) is 221 Å². The summed E-state index contributed by atoms with van der Waals surface area (Å²) in [5.74, 6) is -3.87. The lowest BCUT2D eigenvalue weighted by Gasteiger charge is -2.35. The second-order valence-electron chi connectivity index (χ2n) is 10.8. The number of aliphatic carboxylic acids is 1. The van der Waals surface area contributed by atoms with E-state index < -0.39 is 66.5 Å². The number of ether oxygens (including phenoxy) is 2. The summed E-state index contributed by atoms with van der Waals surface area (Å²) in [5, 5.41) is 35.4. The fourth-order valence-electron chi connectivity index (χ4n) is 5.29. The van der Waals surface area contributed by atoms with Crippen molar-refractivity contribution >= 4 is 35.8 Å². The Bertz CT molecular complexity index is 1460. The zero-order chi connectivity index (χ0) is 33.5. The number of benzene rings is 1. The van der Waals surface area contributed by atoms with Crippen LogP contribution in [0.3, 0.4) is 0 Å². The molecule has 2 aromatic rings. The van der Waals surface area contributed by atoms with Crippen LogP contribution in [0.2, 0.25) is 0 Å². The van der Waals surface area contributed by atoms with Crippen LogP contribution in [0.15, 0.2) is 36.4 Å². The van der Waals surface area contributed by atoms with E-state index in [-0.39, 0.29) is 57.1 Å². The first-order valence-corrected chi connectivity index (χ1v) is 14.6. The number of carbonyl (C=O) groups excluding carboxylic acids is 4. The number of methoxy groups -OCH3 is 1. The van der Waals surface area contributed by atoms with Crippen molar-refractivity contribution in [3.05, 3.63) is 42.1 Å². The molecule has 2 aliphatic rings. The Morgan fingerprint density at radius 1 is 1.00 bits per heavy atom. The van der Waals surface area contributed by atoms with E-state index in [0.717, 1.165) is 4.90 Å². The van der Waals surface area contributed by atoms with Gasteiger partial charge in [-0.25, -0.2) is 14.3 Å². The first-order valence-electron chi connectivity index (χ1n) is 14.6. The van der Waals surface area contributed by atoms with Crippen molar-refractivity contribution in [2.75, 3.05) is 39.8 Å². The third kappa shape index (κ3) is 7.90. The first kappa shape index (κ1) is 33.7. The monoisotopic (exact) mass is 644 g/mol. The number of β-amino-alcohol motifs (C(OH)–C–C–N with tert-alkyl or cyclic N) is 1. The number of aliphatic hydroxyl groups excluding tert-OH is 1. The van der Waals surface area contributed by atoms with Crippen LogP contribution in [0.1, 0.15) is 36.7 Å². The minimum absolute atomic E-state index is 0.00834. The van der Waals surface area contributed by atoms with Crippen LogP contribution in [0.4, 0.5) is 4.79 Å². The molecule has 2 saturated heterocycles. The third-order valence-corrected chi connectivity index (χ3v) is 7.70. The van der Waals surface area contributed by atoms with E-state index in [2.05, 4.69) is 10.4 Å². The molecule has 17 heteroatoms. The summed E-state index contributed by atoms with van der Waals surface area (Å²) in [6.45, 7) is 1.61. The standard InChI is InChI=1S/C29H36N6O11/c1-17(26(40)34-16-19(36)14-22(34)28(42)45-2)46-23-15-21(31-35(23)18-6-4-3-5-7-18)25(39)30-20(8-9-24(37)38)27(41)32-10-12-33(13-11-32)29(43)44/h3-7,15,17,19-20,22,36H,8-14,16H2,1-2H3,(H,30,39)(H,37,38)(H,43,44)/t17?,19-,20+,22+/m1/s1. The normalized spacial score (nSPS) is 19.2. The molecule has 4 N–H and O–H groups in total. The van der Waals surface area contributed by atoms with E-state index >= 15 is 0 Å². The molecule has 1 aromatic heterocycles. The number of nitrogens with one attached hydrogen (secondary N) is 1. The van der Waals surface area contributed by atoms with Crippen LogP contribution < -0.4 is 10.1 Å². The molecule has 0 radical (unpaired) electrons. The van der Waals surface area contributed by atoms with E-state index in [1.165, 1.54) is 34.6 Å².